The van der Waals surface area contributed by atoms with Gasteiger partial charge in [0.1, 0.15) is 4.99 Å². The lowest BCUT2D eigenvalue weighted by Gasteiger charge is -2.13. The second-order valence-corrected chi connectivity index (χ2v) is 6.07. The van der Waals surface area contributed by atoms with Crippen LogP contribution in [0.3, 0.4) is 0 Å². The van der Waals surface area contributed by atoms with Crippen molar-refractivity contribution in [2.75, 3.05) is 25.1 Å². The van der Waals surface area contributed by atoms with Crippen LogP contribution in [0.4, 0.5) is 5.69 Å². The number of benzene rings is 1. The zero-order chi connectivity index (χ0) is 14.3. The Labute approximate surface area is 129 Å². The van der Waals surface area contributed by atoms with E-state index in [2.05, 4.69) is 35.1 Å². The maximum atomic E-state index is 5.74. The molecule has 0 unspecified atom stereocenters. The minimum atomic E-state index is 0.394. The molecule has 1 aromatic rings. The molecule has 3 nitrogen and oxygen atoms in total. The fourth-order valence-corrected chi connectivity index (χ4v) is 2.57. The van der Waals surface area contributed by atoms with Gasteiger partial charge in [0.25, 0.3) is 0 Å². The van der Waals surface area contributed by atoms with Crippen LogP contribution in [-0.4, -0.2) is 24.7 Å². The van der Waals surface area contributed by atoms with Gasteiger partial charge >= 0.3 is 0 Å². The number of halogens is 1. The zero-order valence-electron chi connectivity index (χ0n) is 11.4. The average molecular weight is 345 g/mol. The van der Waals surface area contributed by atoms with Crippen molar-refractivity contribution in [1.29, 1.82) is 0 Å². The normalized spacial score (nSPS) is 10.7. The van der Waals surface area contributed by atoms with Crippen LogP contribution in [0.1, 0.15) is 25.8 Å². The summed E-state index contributed by atoms with van der Waals surface area (Å²) in [6, 6.07) is 5.88. The molecule has 0 saturated carbocycles. The first kappa shape index (κ1) is 16.4. The molecule has 19 heavy (non-hydrogen) atoms. The molecule has 0 heterocycles. The van der Waals surface area contributed by atoms with Gasteiger partial charge in [-0.2, -0.15) is 0 Å². The third-order valence-electron chi connectivity index (χ3n) is 2.49. The monoisotopic (exact) mass is 344 g/mol. The van der Waals surface area contributed by atoms with Gasteiger partial charge in [0, 0.05) is 35.5 Å². The Morgan fingerprint density at radius 3 is 2.84 bits per heavy atom. The quantitative estimate of drug-likeness (QED) is 0.559. The second-order valence-electron chi connectivity index (χ2n) is 4.78. The van der Waals surface area contributed by atoms with Gasteiger partial charge in [-0.15, -0.1) is 0 Å². The molecule has 3 N–H and O–H groups in total. The van der Waals surface area contributed by atoms with Crippen molar-refractivity contribution in [3.8, 4) is 0 Å². The summed E-state index contributed by atoms with van der Waals surface area (Å²) in [5.41, 5.74) is 7.56. The third kappa shape index (κ3) is 5.89. The largest absolute Gasteiger partial charge is 0.389 e. The van der Waals surface area contributed by atoms with Crippen molar-refractivity contribution in [1.82, 2.24) is 0 Å². The zero-order valence-corrected chi connectivity index (χ0v) is 13.8. The Kier molecular flexibility index (Phi) is 7.34. The van der Waals surface area contributed by atoms with Crippen LogP contribution in [0, 0.1) is 5.92 Å². The summed E-state index contributed by atoms with van der Waals surface area (Å²) in [5, 5.41) is 3.35. The van der Waals surface area contributed by atoms with Gasteiger partial charge in [0.05, 0.1) is 0 Å². The van der Waals surface area contributed by atoms with E-state index in [4.69, 9.17) is 22.7 Å². The van der Waals surface area contributed by atoms with Crippen molar-refractivity contribution >= 4 is 38.8 Å². The molecule has 106 valence electrons. The highest BCUT2D eigenvalue weighted by molar-refractivity contribution is 9.10. The molecule has 0 fully saturated rings. The van der Waals surface area contributed by atoms with Gasteiger partial charge in [-0.05, 0) is 40.4 Å². The third-order valence-corrected chi connectivity index (χ3v) is 3.36. The minimum absolute atomic E-state index is 0.394. The number of ether oxygens (including phenoxy) is 1. The Balaban J connectivity index is 2.41. The summed E-state index contributed by atoms with van der Waals surface area (Å²) < 4.78 is 6.45. The highest BCUT2D eigenvalue weighted by atomic mass is 79.9. The van der Waals surface area contributed by atoms with E-state index in [-0.39, 0.29) is 0 Å². The highest BCUT2D eigenvalue weighted by Crippen LogP contribution is 2.24. The van der Waals surface area contributed by atoms with Crippen LogP contribution in [-0.2, 0) is 4.74 Å². The first-order valence-corrected chi connectivity index (χ1v) is 7.62. The van der Waals surface area contributed by atoms with Crippen molar-refractivity contribution < 1.29 is 4.74 Å². The lowest BCUT2D eigenvalue weighted by Crippen LogP contribution is -2.15. The number of rotatable bonds is 8. The van der Waals surface area contributed by atoms with Crippen LogP contribution >= 0.6 is 28.1 Å². The molecular formula is C14H21BrN2OS. The summed E-state index contributed by atoms with van der Waals surface area (Å²) in [6.45, 7) is 6.71. The maximum absolute atomic E-state index is 5.74. The fourth-order valence-electron chi connectivity index (χ4n) is 1.64. The molecule has 1 aromatic carbocycles. The molecule has 0 radical (unpaired) electrons. The van der Waals surface area contributed by atoms with Crippen molar-refractivity contribution in [3.05, 3.63) is 28.2 Å². The Bertz CT molecular complexity index is 424. The van der Waals surface area contributed by atoms with Gasteiger partial charge in [0.2, 0.25) is 0 Å². The van der Waals surface area contributed by atoms with Crippen LogP contribution in [0.15, 0.2) is 22.7 Å². The van der Waals surface area contributed by atoms with E-state index in [1.54, 1.807) is 0 Å². The molecule has 0 atom stereocenters. The van der Waals surface area contributed by atoms with Crippen LogP contribution in [0.2, 0.25) is 0 Å². The highest BCUT2D eigenvalue weighted by Gasteiger charge is 2.08. The summed E-state index contributed by atoms with van der Waals surface area (Å²) >= 11 is 8.53. The van der Waals surface area contributed by atoms with Gasteiger partial charge in [-0.25, -0.2) is 0 Å². The number of nitrogens with one attached hydrogen (secondary N) is 1. The Morgan fingerprint density at radius 2 is 2.21 bits per heavy atom. The SMILES string of the molecule is CC(C)COCCCNc1cccc(Br)c1C(N)=S. The number of anilines is 1. The molecule has 0 spiro atoms. The van der Waals surface area contributed by atoms with Crippen molar-refractivity contribution in [2.24, 2.45) is 11.7 Å². The smallest absolute Gasteiger partial charge is 0.107 e. The van der Waals surface area contributed by atoms with Crippen molar-refractivity contribution in [3.63, 3.8) is 0 Å². The lowest BCUT2D eigenvalue weighted by molar-refractivity contribution is 0.110. The van der Waals surface area contributed by atoms with Gasteiger partial charge in [0.15, 0.2) is 0 Å². The van der Waals surface area contributed by atoms with Crippen LogP contribution in [0.5, 0.6) is 0 Å². The van der Waals surface area contributed by atoms with Gasteiger partial charge < -0.3 is 15.8 Å². The molecule has 0 aliphatic carbocycles. The van der Waals surface area contributed by atoms with E-state index in [1.807, 2.05) is 18.2 Å². The second kappa shape index (κ2) is 8.51. The van der Waals surface area contributed by atoms with E-state index in [9.17, 15) is 0 Å². The Morgan fingerprint density at radius 1 is 1.47 bits per heavy atom. The Hall–Kier alpha value is -0.650. The molecular weight excluding hydrogens is 324 g/mol. The number of nitrogens with two attached hydrogens (primary N) is 1. The van der Waals surface area contributed by atoms with Crippen molar-refractivity contribution in [2.45, 2.75) is 20.3 Å². The molecule has 0 saturated heterocycles. The van der Waals surface area contributed by atoms with E-state index >= 15 is 0 Å². The summed E-state index contributed by atoms with van der Waals surface area (Å²) in [5.74, 6) is 0.583. The maximum Gasteiger partial charge on any atom is 0.107 e. The van der Waals surface area contributed by atoms with Gasteiger partial charge in [-0.3, -0.25) is 0 Å². The molecule has 0 amide bonds. The standard InChI is InChI=1S/C14H21BrN2OS/c1-10(2)9-18-8-4-7-17-12-6-3-5-11(15)13(12)14(16)19/h3,5-6,10,17H,4,7-9H2,1-2H3,(H2,16,19). The van der Waals surface area contributed by atoms with E-state index < -0.39 is 0 Å². The van der Waals surface area contributed by atoms with Gasteiger partial charge in [-0.1, -0.05) is 32.1 Å². The number of hydrogen-bond donors (Lipinski definition) is 2. The minimum Gasteiger partial charge on any atom is -0.389 e. The van der Waals surface area contributed by atoms with Crippen LogP contribution in [0.25, 0.3) is 0 Å². The first-order chi connectivity index (χ1) is 9.02. The molecule has 0 aromatic heterocycles. The molecule has 0 bridgehead atoms. The van der Waals surface area contributed by atoms with E-state index in [0.29, 0.717) is 10.9 Å². The average Bonchev–Trinajstić information content (AvgIpc) is 2.32. The molecule has 5 heteroatoms. The predicted molar refractivity (Wildman–Crippen MR) is 88.8 cm³/mol. The molecule has 1 rings (SSSR count). The van der Waals surface area contributed by atoms with E-state index in [1.165, 1.54) is 0 Å². The predicted octanol–water partition coefficient (Wildman–Crippen LogP) is 3.56. The topological polar surface area (TPSA) is 47.3 Å². The fraction of sp³-hybridized carbons (Fsp3) is 0.500. The molecule has 0 aliphatic heterocycles. The number of thiocarbonyl (C=S) groups is 1. The first-order valence-electron chi connectivity index (χ1n) is 6.42. The number of hydrogen-bond acceptors (Lipinski definition) is 3. The molecule has 0 aliphatic rings. The lowest BCUT2D eigenvalue weighted by atomic mass is 10.1. The summed E-state index contributed by atoms with van der Waals surface area (Å²) in [4.78, 5) is 0.394. The summed E-state index contributed by atoms with van der Waals surface area (Å²) in [7, 11) is 0. The summed E-state index contributed by atoms with van der Waals surface area (Å²) in [6.07, 6.45) is 0.954. The van der Waals surface area contributed by atoms with E-state index in [0.717, 1.165) is 41.9 Å². The van der Waals surface area contributed by atoms with Crippen LogP contribution < -0.4 is 11.1 Å².